The molecule has 1 heterocycles. The van der Waals surface area contributed by atoms with Gasteiger partial charge in [0.1, 0.15) is 5.69 Å². The van der Waals surface area contributed by atoms with Crippen molar-refractivity contribution in [1.82, 2.24) is 9.78 Å². The monoisotopic (exact) mass is 256 g/mol. The summed E-state index contributed by atoms with van der Waals surface area (Å²) in [6.45, 7) is 3.63. The highest BCUT2D eigenvalue weighted by Crippen LogP contribution is 2.43. The molecule has 98 valence electrons. The van der Waals surface area contributed by atoms with Gasteiger partial charge in [-0.3, -0.25) is 4.68 Å². The molecule has 0 saturated heterocycles. The Morgan fingerprint density at radius 3 is 2.12 bits per heavy atom. The SMILES string of the molecule is CCC(CC)n1ccc(C(F)(F)C(F)(F)F)n1. The molecule has 1 aromatic rings. The van der Waals surface area contributed by atoms with E-state index in [0.29, 0.717) is 18.9 Å². The lowest BCUT2D eigenvalue weighted by Gasteiger charge is -2.18. The molecular weight excluding hydrogens is 243 g/mol. The summed E-state index contributed by atoms with van der Waals surface area (Å²) in [6.07, 6.45) is -3.21. The van der Waals surface area contributed by atoms with Crippen LogP contribution in [0.3, 0.4) is 0 Å². The van der Waals surface area contributed by atoms with Gasteiger partial charge < -0.3 is 0 Å². The average Bonchev–Trinajstić information content (AvgIpc) is 2.67. The van der Waals surface area contributed by atoms with Crippen molar-refractivity contribution in [2.45, 2.75) is 44.8 Å². The number of aromatic nitrogens is 2. The Morgan fingerprint density at radius 1 is 1.18 bits per heavy atom. The molecule has 0 aliphatic carbocycles. The molecule has 0 aliphatic heterocycles. The van der Waals surface area contributed by atoms with Crippen molar-refractivity contribution >= 4 is 0 Å². The van der Waals surface area contributed by atoms with E-state index >= 15 is 0 Å². The van der Waals surface area contributed by atoms with Crippen LogP contribution in [0.1, 0.15) is 38.4 Å². The van der Waals surface area contributed by atoms with Gasteiger partial charge in [-0.15, -0.1) is 0 Å². The van der Waals surface area contributed by atoms with Crippen LogP contribution < -0.4 is 0 Å². The third-order valence-corrected chi connectivity index (χ3v) is 2.60. The number of rotatable bonds is 4. The summed E-state index contributed by atoms with van der Waals surface area (Å²) >= 11 is 0. The van der Waals surface area contributed by atoms with Gasteiger partial charge in [-0.2, -0.15) is 27.1 Å². The van der Waals surface area contributed by atoms with E-state index < -0.39 is 17.8 Å². The molecule has 0 spiro atoms. The van der Waals surface area contributed by atoms with Crippen molar-refractivity contribution in [2.75, 3.05) is 0 Å². The molecule has 0 aromatic carbocycles. The van der Waals surface area contributed by atoms with E-state index in [4.69, 9.17) is 0 Å². The van der Waals surface area contributed by atoms with Crippen LogP contribution in [0.4, 0.5) is 22.0 Å². The van der Waals surface area contributed by atoms with E-state index in [9.17, 15) is 22.0 Å². The average molecular weight is 256 g/mol. The van der Waals surface area contributed by atoms with Crippen LogP contribution >= 0.6 is 0 Å². The third-order valence-electron chi connectivity index (χ3n) is 2.60. The minimum atomic E-state index is -5.61. The highest BCUT2D eigenvalue weighted by molar-refractivity contribution is 5.10. The zero-order valence-electron chi connectivity index (χ0n) is 9.43. The van der Waals surface area contributed by atoms with Crippen molar-refractivity contribution in [2.24, 2.45) is 0 Å². The number of hydrogen-bond acceptors (Lipinski definition) is 1. The fourth-order valence-electron chi connectivity index (χ4n) is 1.52. The van der Waals surface area contributed by atoms with Crippen LogP contribution in [0.2, 0.25) is 0 Å². The summed E-state index contributed by atoms with van der Waals surface area (Å²) in [4.78, 5) is 0. The number of hydrogen-bond donors (Lipinski definition) is 0. The van der Waals surface area contributed by atoms with Gasteiger partial charge in [0.2, 0.25) is 0 Å². The van der Waals surface area contributed by atoms with E-state index in [1.165, 1.54) is 0 Å². The lowest BCUT2D eigenvalue weighted by molar-refractivity contribution is -0.291. The van der Waals surface area contributed by atoms with Crippen LogP contribution in [0.25, 0.3) is 0 Å². The first-order chi connectivity index (χ1) is 7.74. The molecule has 0 aliphatic rings. The first-order valence-corrected chi connectivity index (χ1v) is 5.24. The number of nitrogens with zero attached hydrogens (tertiary/aromatic N) is 2. The van der Waals surface area contributed by atoms with Gasteiger partial charge in [-0.05, 0) is 18.9 Å². The van der Waals surface area contributed by atoms with Crippen molar-refractivity contribution in [3.05, 3.63) is 18.0 Å². The zero-order valence-corrected chi connectivity index (χ0v) is 9.43. The van der Waals surface area contributed by atoms with Crippen LogP contribution in [0.15, 0.2) is 12.3 Å². The second-order valence-electron chi connectivity index (χ2n) is 3.72. The molecule has 0 atom stereocenters. The Kier molecular flexibility index (Phi) is 3.78. The Bertz CT molecular complexity index is 365. The molecule has 0 unspecified atom stereocenters. The molecular formula is C10H13F5N2. The van der Waals surface area contributed by atoms with Crippen molar-refractivity contribution < 1.29 is 22.0 Å². The fourth-order valence-corrected chi connectivity index (χ4v) is 1.52. The van der Waals surface area contributed by atoms with Crippen molar-refractivity contribution in [3.8, 4) is 0 Å². The van der Waals surface area contributed by atoms with Gasteiger partial charge >= 0.3 is 12.1 Å². The maximum absolute atomic E-state index is 12.9. The highest BCUT2D eigenvalue weighted by atomic mass is 19.4. The molecule has 7 heteroatoms. The first kappa shape index (κ1) is 13.9. The molecule has 1 rings (SSSR count). The van der Waals surface area contributed by atoms with Crippen molar-refractivity contribution in [3.63, 3.8) is 0 Å². The maximum Gasteiger partial charge on any atom is 0.459 e. The summed E-state index contributed by atoms with van der Waals surface area (Å²) < 4.78 is 63.3. The topological polar surface area (TPSA) is 17.8 Å². The normalized spacial score (nSPS) is 13.4. The number of halogens is 5. The molecule has 1 aromatic heterocycles. The molecule has 0 N–H and O–H groups in total. The van der Waals surface area contributed by atoms with E-state index in [0.717, 1.165) is 10.9 Å². The Balaban J connectivity index is 3.03. The standard InChI is InChI=1S/C10H13F5N2/c1-3-7(4-2)17-6-5-8(16-17)9(11,12)10(13,14)15/h5-7H,3-4H2,1-2H3. The van der Waals surface area contributed by atoms with Crippen LogP contribution in [0, 0.1) is 0 Å². The predicted octanol–water partition coefficient (Wildman–Crippen LogP) is 3.90. The van der Waals surface area contributed by atoms with Crippen LogP contribution in [-0.4, -0.2) is 16.0 Å². The predicted molar refractivity (Wildman–Crippen MR) is 51.8 cm³/mol. The van der Waals surface area contributed by atoms with Gasteiger partial charge in [0, 0.05) is 6.20 Å². The van der Waals surface area contributed by atoms with Crippen molar-refractivity contribution in [1.29, 1.82) is 0 Å². The summed E-state index contributed by atoms with van der Waals surface area (Å²) in [5.74, 6) is -4.90. The Morgan fingerprint density at radius 2 is 1.71 bits per heavy atom. The van der Waals surface area contributed by atoms with Gasteiger partial charge in [0.25, 0.3) is 0 Å². The lowest BCUT2D eigenvalue weighted by Crippen LogP contribution is -2.34. The smallest absolute Gasteiger partial charge is 0.269 e. The molecule has 0 bridgehead atoms. The minimum Gasteiger partial charge on any atom is -0.269 e. The second-order valence-corrected chi connectivity index (χ2v) is 3.72. The van der Waals surface area contributed by atoms with E-state index in [-0.39, 0.29) is 6.04 Å². The maximum atomic E-state index is 12.9. The van der Waals surface area contributed by atoms with Crippen LogP contribution in [-0.2, 0) is 5.92 Å². The van der Waals surface area contributed by atoms with Gasteiger partial charge in [-0.1, -0.05) is 13.8 Å². The lowest BCUT2D eigenvalue weighted by atomic mass is 10.2. The Labute approximate surface area is 95.4 Å². The first-order valence-electron chi connectivity index (χ1n) is 5.24. The van der Waals surface area contributed by atoms with E-state index in [2.05, 4.69) is 5.10 Å². The van der Waals surface area contributed by atoms with Crippen LogP contribution in [0.5, 0.6) is 0 Å². The largest absolute Gasteiger partial charge is 0.459 e. The summed E-state index contributed by atoms with van der Waals surface area (Å²) in [7, 11) is 0. The Hall–Kier alpha value is -1.14. The molecule has 2 nitrogen and oxygen atoms in total. The highest BCUT2D eigenvalue weighted by Gasteiger charge is 2.60. The third kappa shape index (κ3) is 2.58. The molecule has 0 amide bonds. The molecule has 0 saturated carbocycles. The fraction of sp³-hybridized carbons (Fsp3) is 0.700. The number of alkyl halides is 5. The zero-order chi connectivity index (χ0) is 13.3. The summed E-state index contributed by atoms with van der Waals surface area (Å²) in [5.41, 5.74) is -1.25. The van der Waals surface area contributed by atoms with Gasteiger partial charge in [0.15, 0.2) is 0 Å². The summed E-state index contributed by atoms with van der Waals surface area (Å²) in [6, 6.07) is 0.555. The summed E-state index contributed by atoms with van der Waals surface area (Å²) in [5, 5.41) is 3.34. The minimum absolute atomic E-state index is 0.159. The second kappa shape index (κ2) is 4.62. The van der Waals surface area contributed by atoms with Gasteiger partial charge in [-0.25, -0.2) is 0 Å². The van der Waals surface area contributed by atoms with Gasteiger partial charge in [0.05, 0.1) is 6.04 Å². The van der Waals surface area contributed by atoms with E-state index in [1.807, 2.05) is 13.8 Å². The molecule has 0 radical (unpaired) electrons. The van der Waals surface area contributed by atoms with E-state index in [1.54, 1.807) is 0 Å². The molecule has 0 fully saturated rings. The quantitative estimate of drug-likeness (QED) is 0.747. The molecule has 17 heavy (non-hydrogen) atoms.